The van der Waals surface area contributed by atoms with Gasteiger partial charge < -0.3 is 15.4 Å². The zero-order chi connectivity index (χ0) is 13.7. The Bertz CT molecular complexity index is 433. The van der Waals surface area contributed by atoms with Gasteiger partial charge in [0.05, 0.1) is 12.2 Å². The van der Waals surface area contributed by atoms with Gasteiger partial charge in [-0.05, 0) is 45.1 Å². The number of esters is 1. The third kappa shape index (κ3) is 4.00. The van der Waals surface area contributed by atoms with Crippen molar-refractivity contribution in [3.63, 3.8) is 0 Å². The molecule has 0 aliphatic carbocycles. The van der Waals surface area contributed by atoms with E-state index in [0.717, 1.165) is 6.54 Å². The zero-order valence-electron chi connectivity index (χ0n) is 11.0. The van der Waals surface area contributed by atoms with Crippen LogP contribution in [0.15, 0.2) is 12.1 Å². The predicted molar refractivity (Wildman–Crippen MR) is 69.0 cm³/mol. The van der Waals surface area contributed by atoms with Gasteiger partial charge in [0.25, 0.3) is 0 Å². The van der Waals surface area contributed by atoms with Gasteiger partial charge in [-0.1, -0.05) is 0 Å². The van der Waals surface area contributed by atoms with Gasteiger partial charge in [0, 0.05) is 12.2 Å². The van der Waals surface area contributed by atoms with Crippen LogP contribution in [0.3, 0.4) is 0 Å². The molecule has 1 aromatic rings. The largest absolute Gasteiger partial charge is 0.462 e. The van der Waals surface area contributed by atoms with E-state index in [0.29, 0.717) is 17.7 Å². The summed E-state index contributed by atoms with van der Waals surface area (Å²) in [6, 6.07) is 2.79. The highest BCUT2D eigenvalue weighted by molar-refractivity contribution is 5.91. The van der Waals surface area contributed by atoms with Crippen LogP contribution in [0.4, 0.5) is 10.1 Å². The van der Waals surface area contributed by atoms with Crippen LogP contribution >= 0.6 is 0 Å². The third-order valence-electron chi connectivity index (χ3n) is 2.48. The van der Waals surface area contributed by atoms with Crippen molar-refractivity contribution in [2.45, 2.75) is 13.3 Å². The Labute approximate surface area is 107 Å². The molecule has 18 heavy (non-hydrogen) atoms. The molecule has 0 radical (unpaired) electrons. The van der Waals surface area contributed by atoms with Crippen molar-refractivity contribution in [1.29, 1.82) is 0 Å². The molecule has 0 heterocycles. The highest BCUT2D eigenvalue weighted by Gasteiger charge is 2.15. The molecule has 5 heteroatoms. The van der Waals surface area contributed by atoms with Crippen LogP contribution in [0.1, 0.15) is 22.3 Å². The summed E-state index contributed by atoms with van der Waals surface area (Å²) in [4.78, 5) is 13.7. The van der Waals surface area contributed by atoms with Crippen LogP contribution in [0.25, 0.3) is 0 Å². The van der Waals surface area contributed by atoms with Crippen molar-refractivity contribution in [3.8, 4) is 0 Å². The van der Waals surface area contributed by atoms with E-state index in [9.17, 15) is 9.18 Å². The summed E-state index contributed by atoms with van der Waals surface area (Å²) in [7, 11) is 3.87. The minimum absolute atomic E-state index is 0.0997. The Kier molecular flexibility index (Phi) is 5.09. The third-order valence-corrected chi connectivity index (χ3v) is 2.48. The molecule has 100 valence electrons. The molecule has 0 aliphatic rings. The maximum absolute atomic E-state index is 13.7. The van der Waals surface area contributed by atoms with E-state index in [-0.39, 0.29) is 12.2 Å². The molecule has 0 aliphatic heterocycles. The van der Waals surface area contributed by atoms with E-state index in [2.05, 4.69) is 0 Å². The van der Waals surface area contributed by atoms with E-state index < -0.39 is 11.8 Å². The number of ether oxygens (including phenoxy) is 1. The van der Waals surface area contributed by atoms with Crippen molar-refractivity contribution in [2.24, 2.45) is 0 Å². The molecule has 0 saturated carbocycles. The molecule has 0 amide bonds. The number of hydrogen-bond acceptors (Lipinski definition) is 4. The number of aryl methyl sites for hydroxylation is 1. The maximum Gasteiger partial charge on any atom is 0.341 e. The number of carbonyl (C=O) groups excluding carboxylic acids is 1. The fraction of sp³-hybridized carbons (Fsp3) is 0.462. The molecule has 0 aromatic heterocycles. The fourth-order valence-electron chi connectivity index (χ4n) is 1.57. The van der Waals surface area contributed by atoms with Crippen molar-refractivity contribution < 1.29 is 13.9 Å². The summed E-state index contributed by atoms with van der Waals surface area (Å²) in [6.07, 6.45) is 0.710. The molecule has 4 nitrogen and oxygen atoms in total. The lowest BCUT2D eigenvalue weighted by Gasteiger charge is -2.10. The number of anilines is 1. The maximum atomic E-state index is 13.7. The van der Waals surface area contributed by atoms with E-state index in [1.54, 1.807) is 6.92 Å². The van der Waals surface area contributed by atoms with Crippen molar-refractivity contribution in [3.05, 3.63) is 29.1 Å². The quantitative estimate of drug-likeness (QED) is 0.495. The molecule has 0 unspecified atom stereocenters. The average Bonchev–Trinajstić information content (AvgIpc) is 2.28. The Morgan fingerprint density at radius 1 is 1.44 bits per heavy atom. The Hall–Kier alpha value is -1.62. The second-order valence-corrected chi connectivity index (χ2v) is 4.49. The highest BCUT2D eigenvalue weighted by Crippen LogP contribution is 2.18. The number of rotatable bonds is 5. The van der Waals surface area contributed by atoms with Gasteiger partial charge in [-0.3, -0.25) is 0 Å². The minimum Gasteiger partial charge on any atom is -0.462 e. The van der Waals surface area contributed by atoms with Crippen molar-refractivity contribution in [2.75, 3.05) is 33.0 Å². The number of benzene rings is 1. The standard InChI is InChI=1S/C13H19FN2O2/c1-9-7-10(15)8-11(12(9)14)13(17)18-6-4-5-16(2)3/h7-8H,4-6,15H2,1-3H3. The number of nitrogens with zero attached hydrogens (tertiary/aromatic N) is 1. The average molecular weight is 254 g/mol. The first-order valence-corrected chi connectivity index (χ1v) is 5.79. The van der Waals surface area contributed by atoms with Gasteiger partial charge in [0.2, 0.25) is 0 Å². The van der Waals surface area contributed by atoms with E-state index in [1.807, 2.05) is 19.0 Å². The topological polar surface area (TPSA) is 55.6 Å². The summed E-state index contributed by atoms with van der Waals surface area (Å²) in [6.45, 7) is 2.64. The molecule has 0 spiro atoms. The summed E-state index contributed by atoms with van der Waals surface area (Å²) in [5.74, 6) is -1.23. The van der Waals surface area contributed by atoms with Gasteiger partial charge >= 0.3 is 5.97 Å². The van der Waals surface area contributed by atoms with E-state index in [1.165, 1.54) is 12.1 Å². The Morgan fingerprint density at radius 3 is 2.72 bits per heavy atom. The molecule has 1 rings (SSSR count). The SMILES string of the molecule is Cc1cc(N)cc(C(=O)OCCCN(C)C)c1F. The van der Waals surface area contributed by atoms with Gasteiger partial charge in [-0.15, -0.1) is 0 Å². The molecule has 0 fully saturated rings. The van der Waals surface area contributed by atoms with Crippen LogP contribution in [0, 0.1) is 12.7 Å². The zero-order valence-corrected chi connectivity index (χ0v) is 11.0. The normalized spacial score (nSPS) is 10.7. The first-order chi connectivity index (χ1) is 8.41. The van der Waals surface area contributed by atoms with Crippen molar-refractivity contribution in [1.82, 2.24) is 4.90 Å². The molecule has 1 aromatic carbocycles. The Morgan fingerprint density at radius 2 is 2.11 bits per heavy atom. The van der Waals surface area contributed by atoms with Gasteiger partial charge in [-0.2, -0.15) is 0 Å². The second kappa shape index (κ2) is 6.35. The van der Waals surface area contributed by atoms with Crippen LogP contribution in [0.5, 0.6) is 0 Å². The van der Waals surface area contributed by atoms with Crippen LogP contribution in [-0.4, -0.2) is 38.1 Å². The lowest BCUT2D eigenvalue weighted by atomic mass is 10.1. The highest BCUT2D eigenvalue weighted by atomic mass is 19.1. The number of hydrogen-bond donors (Lipinski definition) is 1. The van der Waals surface area contributed by atoms with Gasteiger partial charge in [0.1, 0.15) is 5.82 Å². The molecule has 0 bridgehead atoms. The lowest BCUT2D eigenvalue weighted by molar-refractivity contribution is 0.0488. The first-order valence-electron chi connectivity index (χ1n) is 5.79. The molecule has 2 N–H and O–H groups in total. The molecule has 0 atom stereocenters. The monoisotopic (exact) mass is 254 g/mol. The van der Waals surface area contributed by atoms with Gasteiger partial charge in [0.15, 0.2) is 0 Å². The van der Waals surface area contributed by atoms with Gasteiger partial charge in [-0.25, -0.2) is 9.18 Å². The minimum atomic E-state index is -0.665. The number of nitrogens with two attached hydrogens (primary N) is 1. The smallest absolute Gasteiger partial charge is 0.341 e. The lowest BCUT2D eigenvalue weighted by Crippen LogP contribution is -2.17. The second-order valence-electron chi connectivity index (χ2n) is 4.49. The first kappa shape index (κ1) is 14.4. The Balaban J connectivity index is 2.62. The fourth-order valence-corrected chi connectivity index (χ4v) is 1.57. The predicted octanol–water partition coefficient (Wildman–Crippen LogP) is 1.82. The van der Waals surface area contributed by atoms with E-state index >= 15 is 0 Å². The van der Waals surface area contributed by atoms with Crippen LogP contribution in [-0.2, 0) is 4.74 Å². The number of halogens is 1. The summed E-state index contributed by atoms with van der Waals surface area (Å²) < 4.78 is 18.7. The van der Waals surface area contributed by atoms with E-state index in [4.69, 9.17) is 10.5 Å². The number of nitrogen functional groups attached to an aromatic ring is 1. The molecular formula is C13H19FN2O2. The summed E-state index contributed by atoms with van der Waals surface area (Å²) >= 11 is 0. The number of carbonyl (C=O) groups is 1. The molecular weight excluding hydrogens is 235 g/mol. The van der Waals surface area contributed by atoms with Crippen LogP contribution in [0.2, 0.25) is 0 Å². The molecule has 0 saturated heterocycles. The van der Waals surface area contributed by atoms with Crippen LogP contribution < -0.4 is 5.73 Å². The summed E-state index contributed by atoms with van der Waals surface area (Å²) in [5, 5.41) is 0. The summed E-state index contributed by atoms with van der Waals surface area (Å²) in [5.41, 5.74) is 6.18. The van der Waals surface area contributed by atoms with Crippen molar-refractivity contribution >= 4 is 11.7 Å².